The van der Waals surface area contributed by atoms with Crippen LogP contribution >= 0.6 is 0 Å². The van der Waals surface area contributed by atoms with Crippen LogP contribution in [0, 0.1) is 17.8 Å². The third-order valence-electron chi connectivity index (χ3n) is 3.45. The van der Waals surface area contributed by atoms with Crippen molar-refractivity contribution in [3.8, 4) is 6.07 Å². The van der Waals surface area contributed by atoms with Crippen LogP contribution in [0.1, 0.15) is 35.3 Å². The summed E-state index contributed by atoms with van der Waals surface area (Å²) in [6.45, 7) is 0. The summed E-state index contributed by atoms with van der Waals surface area (Å²) in [5.41, 5.74) is 4.27. The number of carbonyl (C=O) groups is 2. The predicted octanol–water partition coefficient (Wildman–Crippen LogP) is 1.13. The van der Waals surface area contributed by atoms with Crippen LogP contribution in [0.4, 0.5) is 8.78 Å². The number of hydrogen-bond donors (Lipinski definition) is 2. The maximum atomic E-state index is 13.9. The van der Waals surface area contributed by atoms with E-state index in [4.69, 9.17) is 11.0 Å². The molecule has 0 bridgehead atoms. The lowest BCUT2D eigenvalue weighted by atomic mass is 10.0. The van der Waals surface area contributed by atoms with Gasteiger partial charge in [-0.3, -0.25) is 14.6 Å². The number of nitrogens with zero attached hydrogens (tertiary/aromatic N) is 2. The molecule has 0 atom stereocenters. The number of rotatable bonds is 7. The highest BCUT2D eigenvalue weighted by Crippen LogP contribution is 2.34. The van der Waals surface area contributed by atoms with E-state index < -0.39 is 36.1 Å². The molecule has 3 N–H and O–H groups in total. The summed E-state index contributed by atoms with van der Waals surface area (Å²) in [6, 6.07) is 4.50. The van der Waals surface area contributed by atoms with Gasteiger partial charge in [0, 0.05) is 19.0 Å². The van der Waals surface area contributed by atoms with Gasteiger partial charge in [0.2, 0.25) is 5.91 Å². The minimum Gasteiger partial charge on any atom is -0.364 e. The van der Waals surface area contributed by atoms with Crippen LogP contribution < -0.4 is 11.1 Å². The van der Waals surface area contributed by atoms with E-state index in [9.17, 15) is 18.4 Å². The number of alkyl halides is 2. The number of aromatic nitrogens is 1. The molecule has 23 heavy (non-hydrogen) atoms. The molecule has 1 aromatic heterocycles. The molecule has 1 heterocycles. The molecule has 1 aromatic rings. The van der Waals surface area contributed by atoms with E-state index in [0.29, 0.717) is 12.8 Å². The Morgan fingerprint density at radius 3 is 2.78 bits per heavy atom. The van der Waals surface area contributed by atoms with Gasteiger partial charge in [-0.25, -0.2) is 8.78 Å². The second-order valence-corrected chi connectivity index (χ2v) is 5.54. The standard InChI is InChI=1S/C15H15F2N4O2/c16-15(17,3-1-12(22)21-14(9-18)4-5-14)8-10-2-6-20-11(7-10)13(19)23/h1-2,6-7H,3-5,8H2,(H2,19,23)(H,21,22). The van der Waals surface area contributed by atoms with Crippen LogP contribution in [0.25, 0.3) is 0 Å². The van der Waals surface area contributed by atoms with Crippen molar-refractivity contribution in [3.63, 3.8) is 0 Å². The monoisotopic (exact) mass is 321 g/mol. The molecular weight excluding hydrogens is 306 g/mol. The Bertz CT molecular complexity index is 666. The van der Waals surface area contributed by atoms with Gasteiger partial charge in [-0.15, -0.1) is 0 Å². The van der Waals surface area contributed by atoms with E-state index >= 15 is 0 Å². The Hall–Kier alpha value is -2.56. The fourth-order valence-electron chi connectivity index (χ4n) is 2.01. The zero-order valence-corrected chi connectivity index (χ0v) is 12.2. The number of hydrogen-bond acceptors (Lipinski definition) is 4. The first-order chi connectivity index (χ1) is 10.8. The Kier molecular flexibility index (Phi) is 4.59. The summed E-state index contributed by atoms with van der Waals surface area (Å²) in [5.74, 6) is -4.65. The smallest absolute Gasteiger partial charge is 0.267 e. The summed E-state index contributed by atoms with van der Waals surface area (Å²) < 4.78 is 27.8. The molecule has 0 unspecified atom stereocenters. The molecule has 121 valence electrons. The van der Waals surface area contributed by atoms with Gasteiger partial charge in [-0.1, -0.05) is 0 Å². The van der Waals surface area contributed by atoms with Crippen LogP contribution in [0.15, 0.2) is 18.3 Å². The predicted molar refractivity (Wildman–Crippen MR) is 76.0 cm³/mol. The first-order valence-electron chi connectivity index (χ1n) is 6.94. The molecule has 6 nitrogen and oxygen atoms in total. The van der Waals surface area contributed by atoms with E-state index in [-0.39, 0.29) is 11.3 Å². The van der Waals surface area contributed by atoms with Gasteiger partial charge in [0.05, 0.1) is 12.5 Å². The minimum absolute atomic E-state index is 0.0929. The fraction of sp³-hybridized carbons (Fsp3) is 0.400. The summed E-state index contributed by atoms with van der Waals surface area (Å²) in [6.07, 6.45) is 1.72. The van der Waals surface area contributed by atoms with Crippen molar-refractivity contribution in [2.45, 2.75) is 37.1 Å². The molecular formula is C15H15F2N4O2. The van der Waals surface area contributed by atoms with Crippen LogP contribution in [0.2, 0.25) is 0 Å². The van der Waals surface area contributed by atoms with Gasteiger partial charge in [0.1, 0.15) is 11.2 Å². The van der Waals surface area contributed by atoms with E-state index in [1.54, 1.807) is 0 Å². The minimum atomic E-state index is -3.17. The molecule has 2 amide bonds. The highest BCUT2D eigenvalue weighted by Gasteiger charge is 2.44. The molecule has 0 aromatic carbocycles. The van der Waals surface area contributed by atoms with Gasteiger partial charge in [0.25, 0.3) is 11.8 Å². The van der Waals surface area contributed by atoms with Gasteiger partial charge in [0.15, 0.2) is 0 Å². The van der Waals surface area contributed by atoms with Crippen LogP contribution in [0.3, 0.4) is 0 Å². The van der Waals surface area contributed by atoms with Gasteiger partial charge in [-0.05, 0) is 30.5 Å². The largest absolute Gasteiger partial charge is 0.364 e. The lowest BCUT2D eigenvalue weighted by Crippen LogP contribution is -2.36. The topological polar surface area (TPSA) is 109 Å². The number of primary amides is 1. The summed E-state index contributed by atoms with van der Waals surface area (Å²) in [5, 5.41) is 11.2. The summed E-state index contributed by atoms with van der Waals surface area (Å²) >= 11 is 0. The maximum Gasteiger partial charge on any atom is 0.267 e. The summed E-state index contributed by atoms with van der Waals surface area (Å²) in [7, 11) is 0. The molecule has 8 heteroatoms. The molecule has 0 spiro atoms. The number of nitrogens with one attached hydrogen (secondary N) is 1. The average Bonchev–Trinajstić information content (AvgIpc) is 3.25. The van der Waals surface area contributed by atoms with Crippen molar-refractivity contribution in [1.82, 2.24) is 10.3 Å². The average molecular weight is 321 g/mol. The Balaban J connectivity index is 1.89. The molecule has 0 saturated heterocycles. The van der Waals surface area contributed by atoms with Crippen molar-refractivity contribution in [2.75, 3.05) is 0 Å². The van der Waals surface area contributed by atoms with Crippen LogP contribution in [-0.2, 0) is 11.2 Å². The van der Waals surface area contributed by atoms with Gasteiger partial charge < -0.3 is 11.1 Å². The molecule has 2 rings (SSSR count). The Morgan fingerprint density at radius 2 is 2.22 bits per heavy atom. The van der Waals surface area contributed by atoms with Crippen LogP contribution in [-0.4, -0.2) is 28.3 Å². The van der Waals surface area contributed by atoms with Crippen LogP contribution in [0.5, 0.6) is 0 Å². The van der Waals surface area contributed by atoms with E-state index in [2.05, 4.69) is 10.3 Å². The lowest BCUT2D eigenvalue weighted by molar-refractivity contribution is -0.119. The quantitative estimate of drug-likeness (QED) is 0.784. The number of amides is 2. The molecule has 1 aliphatic rings. The van der Waals surface area contributed by atoms with Crippen molar-refractivity contribution in [3.05, 3.63) is 36.0 Å². The maximum absolute atomic E-state index is 13.9. The van der Waals surface area contributed by atoms with E-state index in [1.165, 1.54) is 18.3 Å². The number of halogens is 2. The number of carbonyl (C=O) groups excluding carboxylic acids is 2. The highest BCUT2D eigenvalue weighted by atomic mass is 19.3. The fourth-order valence-corrected chi connectivity index (χ4v) is 2.01. The van der Waals surface area contributed by atoms with E-state index in [1.807, 2.05) is 6.07 Å². The van der Waals surface area contributed by atoms with Gasteiger partial charge in [-0.2, -0.15) is 5.26 Å². The third kappa shape index (κ3) is 4.71. The van der Waals surface area contributed by atoms with Crippen molar-refractivity contribution in [2.24, 2.45) is 5.73 Å². The molecule has 1 radical (unpaired) electrons. The normalized spacial score (nSPS) is 15.5. The molecule has 1 fully saturated rings. The Morgan fingerprint density at radius 1 is 1.52 bits per heavy atom. The third-order valence-corrected chi connectivity index (χ3v) is 3.45. The lowest BCUT2D eigenvalue weighted by Gasteiger charge is -2.17. The second-order valence-electron chi connectivity index (χ2n) is 5.54. The number of nitrogens with two attached hydrogens (primary N) is 1. The zero-order chi connectivity index (χ0) is 17.1. The van der Waals surface area contributed by atoms with Gasteiger partial charge >= 0.3 is 0 Å². The zero-order valence-electron chi connectivity index (χ0n) is 12.2. The SMILES string of the molecule is N#CC1(NC(=O)[CH]CC(F)(F)Cc2ccnc(C(N)=O)c2)CC1. The molecule has 1 saturated carbocycles. The first kappa shape index (κ1) is 16.8. The number of nitriles is 1. The molecule has 1 aliphatic carbocycles. The van der Waals surface area contributed by atoms with Crippen molar-refractivity contribution >= 4 is 11.8 Å². The molecule has 0 aliphatic heterocycles. The van der Waals surface area contributed by atoms with Crippen molar-refractivity contribution in [1.29, 1.82) is 5.26 Å². The second kappa shape index (κ2) is 6.28. The number of pyridine rings is 1. The first-order valence-corrected chi connectivity index (χ1v) is 6.94. The van der Waals surface area contributed by atoms with E-state index in [0.717, 1.165) is 6.42 Å². The highest BCUT2D eigenvalue weighted by molar-refractivity contribution is 5.90. The van der Waals surface area contributed by atoms with Crippen molar-refractivity contribution < 1.29 is 18.4 Å². The Labute approximate surface area is 131 Å². The summed E-state index contributed by atoms with van der Waals surface area (Å²) in [4.78, 5) is 26.2.